The number of fused-ring (bicyclic) bond motifs is 1. The molecule has 0 spiro atoms. The van der Waals surface area contributed by atoms with Crippen LogP contribution >= 0.6 is 0 Å². The molecule has 3 heterocycles. The van der Waals surface area contributed by atoms with Crippen molar-refractivity contribution in [2.24, 2.45) is 17.4 Å². The standard InChI is InChI=1S/C49H65N11O14/c1-25(2)40(57-42(66)30(50)19-27-11-5-4-6-12-27)46(70)58-41(26(3)61)47(71)54-32(22-39(64)65)43(67)55-33(21-37(51)62)48(72)60-18-10-15-35(60)44(68)53-24-38(63)59-17-9-16-36(59)45(69)56-34(49(73)74)20-28-23-52-31-14-8-7-13-29(28)31/h4-8,11-14,23,25-26,30,32-36,40-41,52,61H,9-10,15-22,24,50H2,1-3H3,(H2,51,62)(H,53,68)(H,54,71)(H,55,67)(H,56,69)(H,57,66)(H,58,70)(H,64,65)(H,73,74). The number of hydrogen-bond donors (Lipinski definition) is 12. The highest BCUT2D eigenvalue weighted by atomic mass is 16.4. The summed E-state index contributed by atoms with van der Waals surface area (Å²) in [6.45, 7) is 3.80. The van der Waals surface area contributed by atoms with Crippen LogP contribution in [0.1, 0.15) is 70.4 Å². The van der Waals surface area contributed by atoms with Crippen LogP contribution in [0.4, 0.5) is 0 Å². The van der Waals surface area contributed by atoms with E-state index >= 15 is 0 Å². The molecule has 3 aromatic rings. The lowest BCUT2D eigenvalue weighted by Crippen LogP contribution is -2.62. The quantitative estimate of drug-likeness (QED) is 0.0410. The number of aliphatic hydroxyl groups is 1. The van der Waals surface area contributed by atoms with Crippen LogP contribution in [0, 0.1) is 5.92 Å². The Hall–Kier alpha value is -7.93. The maximum absolute atomic E-state index is 14.0. The number of hydrogen-bond acceptors (Lipinski definition) is 13. The first-order valence-electron chi connectivity index (χ1n) is 24.2. The molecule has 2 saturated heterocycles. The topological polar surface area (TPSA) is 395 Å². The summed E-state index contributed by atoms with van der Waals surface area (Å²) in [7, 11) is 0. The van der Waals surface area contributed by atoms with Crippen molar-refractivity contribution in [3.8, 4) is 0 Å². The molecule has 14 N–H and O–H groups in total. The van der Waals surface area contributed by atoms with E-state index in [0.717, 1.165) is 28.3 Å². The van der Waals surface area contributed by atoms with E-state index in [1.807, 2.05) is 18.2 Å². The minimum absolute atomic E-state index is 0.0380. The van der Waals surface area contributed by atoms with E-state index in [2.05, 4.69) is 36.9 Å². The van der Waals surface area contributed by atoms with Crippen molar-refractivity contribution in [3.05, 3.63) is 71.9 Å². The summed E-state index contributed by atoms with van der Waals surface area (Å²) in [6.07, 6.45) is -0.828. The lowest BCUT2D eigenvalue weighted by molar-refractivity contribution is -0.145. The lowest BCUT2D eigenvalue weighted by atomic mass is 10.0. The normalized spacial score (nSPS) is 18.2. The Kier molecular flexibility index (Phi) is 20.1. The van der Waals surface area contributed by atoms with Gasteiger partial charge in [-0.15, -0.1) is 0 Å². The van der Waals surface area contributed by atoms with E-state index < -0.39 is 145 Å². The number of nitrogens with two attached hydrogens (primary N) is 2. The molecule has 74 heavy (non-hydrogen) atoms. The van der Waals surface area contributed by atoms with E-state index in [1.54, 1.807) is 56.4 Å². The number of aliphatic hydroxyl groups excluding tert-OH is 1. The number of nitrogens with zero attached hydrogens (tertiary/aromatic N) is 2. The van der Waals surface area contributed by atoms with Gasteiger partial charge in [-0.05, 0) is 62.1 Å². The number of carboxylic acids is 2. The van der Waals surface area contributed by atoms with Gasteiger partial charge in [-0.2, -0.15) is 0 Å². The molecular formula is C49H65N11O14. The van der Waals surface area contributed by atoms with Crippen LogP contribution in [0.25, 0.3) is 10.9 Å². The number of amides is 9. The maximum atomic E-state index is 14.0. The molecule has 5 rings (SSSR count). The Balaban J connectivity index is 1.19. The first kappa shape index (κ1) is 57.0. The third-order valence-corrected chi connectivity index (χ3v) is 12.8. The summed E-state index contributed by atoms with van der Waals surface area (Å²) in [4.78, 5) is 150. The number of rotatable bonds is 25. The van der Waals surface area contributed by atoms with Crippen molar-refractivity contribution in [2.45, 2.75) is 127 Å². The Bertz CT molecular complexity index is 2570. The predicted octanol–water partition coefficient (Wildman–Crippen LogP) is -2.73. The van der Waals surface area contributed by atoms with Gasteiger partial charge in [0, 0.05) is 36.6 Å². The smallest absolute Gasteiger partial charge is 0.326 e. The van der Waals surface area contributed by atoms with Crippen LogP contribution in [-0.2, 0) is 65.6 Å². The van der Waals surface area contributed by atoms with Gasteiger partial charge in [-0.3, -0.25) is 47.9 Å². The third kappa shape index (κ3) is 15.3. The number of carbonyl (C=O) groups is 11. The van der Waals surface area contributed by atoms with Crippen molar-refractivity contribution in [2.75, 3.05) is 19.6 Å². The average Bonchev–Trinajstić information content (AvgIpc) is 4.14. The van der Waals surface area contributed by atoms with Gasteiger partial charge < -0.3 is 73.5 Å². The number of benzene rings is 2. The minimum atomic E-state index is -1.98. The summed E-state index contributed by atoms with van der Waals surface area (Å²) in [5.41, 5.74) is 13.8. The summed E-state index contributed by atoms with van der Waals surface area (Å²) < 4.78 is 0. The molecule has 9 unspecified atom stereocenters. The first-order chi connectivity index (χ1) is 35.1. The molecule has 9 atom stereocenters. The minimum Gasteiger partial charge on any atom is -0.481 e. The van der Waals surface area contributed by atoms with Crippen LogP contribution in [-0.4, -0.2) is 169 Å². The van der Waals surface area contributed by atoms with Crippen LogP contribution in [0.3, 0.4) is 0 Å². The fraction of sp³-hybridized carbons (Fsp3) is 0.490. The zero-order valence-corrected chi connectivity index (χ0v) is 41.2. The summed E-state index contributed by atoms with van der Waals surface area (Å²) in [5, 5.41) is 45.4. The van der Waals surface area contributed by atoms with Gasteiger partial charge in [0.25, 0.3) is 0 Å². The molecule has 0 bridgehead atoms. The highest BCUT2D eigenvalue weighted by Gasteiger charge is 2.41. The fourth-order valence-corrected chi connectivity index (χ4v) is 8.93. The molecule has 1 aromatic heterocycles. The second-order valence-electron chi connectivity index (χ2n) is 18.8. The second-order valence-corrected chi connectivity index (χ2v) is 18.8. The number of primary amides is 1. The largest absolute Gasteiger partial charge is 0.481 e. The zero-order chi connectivity index (χ0) is 54.4. The Morgan fingerprint density at radius 3 is 1.89 bits per heavy atom. The zero-order valence-electron chi connectivity index (χ0n) is 41.2. The van der Waals surface area contributed by atoms with E-state index in [1.165, 1.54) is 4.90 Å². The molecule has 0 saturated carbocycles. The monoisotopic (exact) mass is 1030 g/mol. The van der Waals surface area contributed by atoms with E-state index in [0.29, 0.717) is 12.0 Å². The number of H-pyrrole nitrogens is 1. The molecule has 25 heteroatoms. The molecule has 2 aromatic carbocycles. The molecule has 25 nitrogen and oxygen atoms in total. The Morgan fingerprint density at radius 2 is 1.27 bits per heavy atom. The molecule has 2 aliphatic heterocycles. The molecule has 9 amide bonds. The van der Waals surface area contributed by atoms with Crippen molar-refractivity contribution >= 4 is 76.0 Å². The molecule has 2 fully saturated rings. The summed E-state index contributed by atoms with van der Waals surface area (Å²) in [5.74, 6) is -11.8. The van der Waals surface area contributed by atoms with Gasteiger partial charge in [0.2, 0.25) is 53.2 Å². The number of aliphatic carboxylic acids is 2. The lowest BCUT2D eigenvalue weighted by Gasteiger charge is -2.30. The number of nitrogens with one attached hydrogen (secondary N) is 7. The number of likely N-dealkylation sites (tertiary alicyclic amines) is 2. The second kappa shape index (κ2) is 26.1. The number of carboxylic acid groups (broad SMARTS) is 2. The van der Waals surface area contributed by atoms with E-state index in [4.69, 9.17) is 11.5 Å². The van der Waals surface area contributed by atoms with Gasteiger partial charge in [0.1, 0.15) is 42.3 Å². The maximum Gasteiger partial charge on any atom is 0.326 e. The Morgan fingerprint density at radius 1 is 0.676 bits per heavy atom. The highest BCUT2D eigenvalue weighted by Crippen LogP contribution is 2.23. The van der Waals surface area contributed by atoms with Crippen molar-refractivity contribution in [3.63, 3.8) is 0 Å². The van der Waals surface area contributed by atoms with Crippen molar-refractivity contribution < 1.29 is 68.1 Å². The molecular weight excluding hydrogens is 967 g/mol. The van der Waals surface area contributed by atoms with Gasteiger partial charge in [0.05, 0.1) is 31.5 Å². The van der Waals surface area contributed by atoms with Crippen molar-refractivity contribution in [1.82, 2.24) is 46.7 Å². The number of aromatic amines is 1. The fourth-order valence-electron chi connectivity index (χ4n) is 8.93. The summed E-state index contributed by atoms with van der Waals surface area (Å²) >= 11 is 0. The van der Waals surface area contributed by atoms with E-state index in [-0.39, 0.29) is 45.2 Å². The van der Waals surface area contributed by atoms with Gasteiger partial charge in [-0.25, -0.2) is 4.79 Å². The number of aromatic nitrogens is 1. The molecule has 2 aliphatic rings. The Labute approximate surface area is 425 Å². The van der Waals surface area contributed by atoms with Gasteiger partial charge >= 0.3 is 11.9 Å². The van der Waals surface area contributed by atoms with Crippen LogP contribution in [0.15, 0.2) is 60.8 Å². The van der Waals surface area contributed by atoms with Crippen LogP contribution < -0.4 is 43.4 Å². The highest BCUT2D eigenvalue weighted by molar-refractivity contribution is 6.00. The van der Waals surface area contributed by atoms with Crippen molar-refractivity contribution in [1.29, 1.82) is 0 Å². The first-order valence-corrected chi connectivity index (χ1v) is 24.2. The number of carbonyl (C=O) groups excluding carboxylic acids is 9. The van der Waals surface area contributed by atoms with Gasteiger partial charge in [-0.1, -0.05) is 62.4 Å². The molecule has 400 valence electrons. The van der Waals surface area contributed by atoms with Crippen LogP contribution in [0.5, 0.6) is 0 Å². The van der Waals surface area contributed by atoms with Crippen LogP contribution in [0.2, 0.25) is 0 Å². The predicted molar refractivity (Wildman–Crippen MR) is 262 cm³/mol. The number of para-hydroxylation sites is 1. The molecule has 0 aliphatic carbocycles. The van der Waals surface area contributed by atoms with Gasteiger partial charge in [0.15, 0.2) is 0 Å². The average molecular weight is 1030 g/mol. The van der Waals surface area contributed by atoms with E-state index in [9.17, 15) is 68.1 Å². The summed E-state index contributed by atoms with van der Waals surface area (Å²) in [6, 6.07) is 4.62. The SMILES string of the molecule is CC(C)C(NC(=O)C(N)Cc1ccccc1)C(=O)NC(C(=O)NC(CC(=O)O)C(=O)NC(CC(N)=O)C(=O)N1CCCC1C(=O)NCC(=O)N1CCCC1C(=O)NC(Cc1c[nH]c2ccccc12)C(=O)O)C(C)O. The molecule has 0 radical (unpaired) electrons. The third-order valence-electron chi connectivity index (χ3n) is 12.8.